The molecule has 0 fully saturated rings. The summed E-state index contributed by atoms with van der Waals surface area (Å²) in [6.07, 6.45) is 3.42. The average molecular weight is 663 g/mol. The predicted octanol–water partition coefficient (Wildman–Crippen LogP) is 7.45. The summed E-state index contributed by atoms with van der Waals surface area (Å²) in [5, 5.41) is 0.896. The monoisotopic (exact) mass is 662 g/mol. The number of hydrogen-bond donors (Lipinski definition) is 0. The average Bonchev–Trinajstić information content (AvgIpc) is 3.47. The molecule has 1 aromatic heterocycles. The highest BCUT2D eigenvalue weighted by Crippen LogP contribution is 2.43. The molecule has 2 heterocycles. The molecule has 3 aromatic rings. The number of methoxy groups -OCH3 is 1. The molecule has 0 saturated carbocycles. The Labute approximate surface area is 284 Å². The third kappa shape index (κ3) is 7.95. The van der Waals surface area contributed by atoms with Crippen molar-refractivity contribution in [3.05, 3.63) is 53.4 Å². The van der Waals surface area contributed by atoms with Crippen LogP contribution < -0.4 is 18.9 Å². The molecule has 260 valence electrons. The van der Waals surface area contributed by atoms with Gasteiger partial charge in [-0.2, -0.15) is 0 Å². The SMILES string of the molecule is COc1ccc2c(c1)c(C=C1Oc3cc(OC(=O)N(C(C)C)C(C)C)cc(OC(=O)N(C(C)C)C(C)C)c3C1=O)cn2CCCN(C)C. The molecule has 0 atom stereocenters. The van der Waals surface area contributed by atoms with E-state index >= 15 is 0 Å². The highest BCUT2D eigenvalue weighted by atomic mass is 16.6. The summed E-state index contributed by atoms with van der Waals surface area (Å²) in [5.74, 6) is 0.462. The maximum absolute atomic E-state index is 14.0. The second-order valence-electron chi connectivity index (χ2n) is 13.5. The summed E-state index contributed by atoms with van der Waals surface area (Å²) in [6.45, 7) is 16.8. The van der Waals surface area contributed by atoms with Gasteiger partial charge in [-0.05, 0) is 107 Å². The summed E-state index contributed by atoms with van der Waals surface area (Å²) >= 11 is 0. The Balaban J connectivity index is 1.78. The van der Waals surface area contributed by atoms with Gasteiger partial charge in [0, 0.05) is 65.5 Å². The molecule has 1 aliphatic rings. The summed E-state index contributed by atoms with van der Waals surface area (Å²) in [7, 11) is 5.70. The van der Waals surface area contributed by atoms with E-state index in [0.717, 1.165) is 36.0 Å². The van der Waals surface area contributed by atoms with Gasteiger partial charge in [-0.25, -0.2) is 9.59 Å². The van der Waals surface area contributed by atoms with Crippen LogP contribution in [-0.4, -0.2) is 89.2 Å². The molecule has 11 nitrogen and oxygen atoms in total. The zero-order chi connectivity index (χ0) is 35.4. The van der Waals surface area contributed by atoms with E-state index in [4.69, 9.17) is 18.9 Å². The van der Waals surface area contributed by atoms with Crippen LogP contribution in [0.5, 0.6) is 23.0 Å². The van der Waals surface area contributed by atoms with Gasteiger partial charge in [0.25, 0.3) is 0 Å². The number of rotatable bonds is 12. The van der Waals surface area contributed by atoms with Gasteiger partial charge in [-0.3, -0.25) is 4.79 Å². The molecule has 48 heavy (non-hydrogen) atoms. The summed E-state index contributed by atoms with van der Waals surface area (Å²) in [5.41, 5.74) is 1.85. The minimum absolute atomic E-state index is 0.0478. The van der Waals surface area contributed by atoms with E-state index in [0.29, 0.717) is 5.75 Å². The molecule has 0 N–H and O–H groups in total. The van der Waals surface area contributed by atoms with E-state index in [9.17, 15) is 14.4 Å². The zero-order valence-electron chi connectivity index (χ0n) is 30.1. The number of fused-ring (bicyclic) bond motifs is 2. The Hall–Kier alpha value is -4.51. The van der Waals surface area contributed by atoms with Crippen molar-refractivity contribution in [2.24, 2.45) is 0 Å². The molecular formula is C37H50N4O7. The fraction of sp³-hybridized carbons (Fsp3) is 0.486. The standard InChI is InChI=1S/C37H50N4O7/c1-22(2)40(23(3)4)36(43)46-28-19-31-34(32(20-28)48-37(44)41(24(5)6)25(7)8)35(42)33(47-31)17-26-21-39(16-12-15-38(9)10)30-14-13-27(45-11)18-29(26)30/h13-14,17-25H,12,15-16H2,1-11H3. The van der Waals surface area contributed by atoms with E-state index in [-0.39, 0.29) is 52.7 Å². The van der Waals surface area contributed by atoms with Crippen LogP contribution in [0.3, 0.4) is 0 Å². The topological polar surface area (TPSA) is 103 Å². The molecule has 1 aliphatic heterocycles. The van der Waals surface area contributed by atoms with E-state index in [1.807, 2.05) is 93.9 Å². The van der Waals surface area contributed by atoms with Crippen LogP contribution in [-0.2, 0) is 6.54 Å². The maximum Gasteiger partial charge on any atom is 0.415 e. The van der Waals surface area contributed by atoms with Crippen LogP contribution in [0, 0.1) is 0 Å². The number of Topliss-reactive ketones (excluding diaryl/α,β-unsaturated/α-hetero) is 1. The van der Waals surface area contributed by atoms with Gasteiger partial charge >= 0.3 is 12.2 Å². The van der Waals surface area contributed by atoms with E-state index < -0.39 is 18.0 Å². The van der Waals surface area contributed by atoms with Gasteiger partial charge in [-0.15, -0.1) is 0 Å². The normalized spacial score (nSPS) is 13.7. The van der Waals surface area contributed by atoms with Crippen molar-refractivity contribution in [2.75, 3.05) is 27.7 Å². The van der Waals surface area contributed by atoms with Crippen molar-refractivity contribution in [3.63, 3.8) is 0 Å². The first-order chi connectivity index (χ1) is 22.6. The van der Waals surface area contributed by atoms with Crippen molar-refractivity contribution in [1.82, 2.24) is 19.3 Å². The number of aromatic nitrogens is 1. The summed E-state index contributed by atoms with van der Waals surface area (Å²) in [6, 6.07) is 8.17. The highest BCUT2D eigenvalue weighted by molar-refractivity contribution is 6.17. The smallest absolute Gasteiger partial charge is 0.415 e. The van der Waals surface area contributed by atoms with Crippen LogP contribution in [0.2, 0.25) is 0 Å². The lowest BCUT2D eigenvalue weighted by Crippen LogP contribution is -2.44. The Morgan fingerprint density at radius 1 is 0.854 bits per heavy atom. The number of amides is 2. The largest absolute Gasteiger partial charge is 0.497 e. The fourth-order valence-electron chi connectivity index (χ4n) is 6.16. The second kappa shape index (κ2) is 15.1. The van der Waals surface area contributed by atoms with Crippen LogP contribution >= 0.6 is 0 Å². The number of benzene rings is 2. The Kier molecular flexibility index (Phi) is 11.5. The molecule has 11 heteroatoms. The third-order valence-corrected chi connectivity index (χ3v) is 8.17. The Morgan fingerprint density at radius 2 is 1.46 bits per heavy atom. The van der Waals surface area contributed by atoms with E-state index in [1.54, 1.807) is 23.0 Å². The lowest BCUT2D eigenvalue weighted by atomic mass is 10.1. The third-order valence-electron chi connectivity index (χ3n) is 8.17. The molecule has 0 aliphatic carbocycles. The fourth-order valence-corrected chi connectivity index (χ4v) is 6.16. The molecule has 0 radical (unpaired) electrons. The summed E-state index contributed by atoms with van der Waals surface area (Å²) < 4.78 is 25.5. The second-order valence-corrected chi connectivity index (χ2v) is 13.5. The van der Waals surface area contributed by atoms with Gasteiger partial charge in [0.15, 0.2) is 11.5 Å². The van der Waals surface area contributed by atoms with Gasteiger partial charge in [0.05, 0.1) is 7.11 Å². The molecule has 0 saturated heterocycles. The highest BCUT2D eigenvalue weighted by Gasteiger charge is 2.35. The number of ether oxygens (including phenoxy) is 4. The summed E-state index contributed by atoms with van der Waals surface area (Å²) in [4.78, 5) is 46.0. The number of allylic oxidation sites excluding steroid dienone is 1. The Bertz CT molecular complexity index is 1670. The molecular weight excluding hydrogens is 612 g/mol. The van der Waals surface area contributed by atoms with Gasteiger partial charge in [0.1, 0.15) is 22.8 Å². The quantitative estimate of drug-likeness (QED) is 0.184. The molecule has 4 rings (SSSR count). The van der Waals surface area contributed by atoms with Crippen molar-refractivity contribution < 1.29 is 33.3 Å². The van der Waals surface area contributed by atoms with Crippen LogP contribution in [0.15, 0.2) is 42.3 Å². The first-order valence-corrected chi connectivity index (χ1v) is 16.6. The van der Waals surface area contributed by atoms with E-state index in [1.165, 1.54) is 12.1 Å². The molecule has 0 unspecified atom stereocenters. The van der Waals surface area contributed by atoms with Crippen molar-refractivity contribution >= 4 is 34.9 Å². The first kappa shape index (κ1) is 36.3. The number of carbonyl (C=O) groups excluding carboxylic acids is 3. The Morgan fingerprint density at radius 3 is 2.02 bits per heavy atom. The minimum atomic E-state index is -0.630. The minimum Gasteiger partial charge on any atom is -0.497 e. The lowest BCUT2D eigenvalue weighted by Gasteiger charge is -2.30. The first-order valence-electron chi connectivity index (χ1n) is 16.6. The van der Waals surface area contributed by atoms with Gasteiger partial charge in [-0.1, -0.05) is 0 Å². The zero-order valence-corrected chi connectivity index (χ0v) is 30.1. The lowest BCUT2D eigenvalue weighted by molar-refractivity contribution is 0.101. The predicted molar refractivity (Wildman–Crippen MR) is 187 cm³/mol. The van der Waals surface area contributed by atoms with E-state index in [2.05, 4.69) is 9.47 Å². The number of aryl methyl sites for hydroxylation is 1. The molecule has 2 amide bonds. The molecule has 0 bridgehead atoms. The number of carbonyl (C=O) groups is 3. The van der Waals surface area contributed by atoms with Gasteiger partial charge < -0.3 is 38.2 Å². The maximum atomic E-state index is 14.0. The van der Waals surface area contributed by atoms with Gasteiger partial charge in [0.2, 0.25) is 5.78 Å². The van der Waals surface area contributed by atoms with Crippen molar-refractivity contribution in [1.29, 1.82) is 0 Å². The molecule has 2 aromatic carbocycles. The molecule has 0 spiro atoms. The van der Waals surface area contributed by atoms with Crippen LogP contribution in [0.1, 0.15) is 77.7 Å². The number of hydrogen-bond acceptors (Lipinski definition) is 8. The van der Waals surface area contributed by atoms with Crippen molar-refractivity contribution in [2.45, 2.75) is 92.5 Å². The van der Waals surface area contributed by atoms with Crippen LogP contribution in [0.4, 0.5) is 9.59 Å². The van der Waals surface area contributed by atoms with Crippen molar-refractivity contribution in [3.8, 4) is 23.0 Å². The number of ketones is 1. The number of nitrogens with zero attached hydrogens (tertiary/aromatic N) is 4. The van der Waals surface area contributed by atoms with Crippen LogP contribution in [0.25, 0.3) is 17.0 Å².